The molecule has 108 valence electrons. The van der Waals surface area contributed by atoms with Gasteiger partial charge in [-0.15, -0.1) is 0 Å². The zero-order valence-electron chi connectivity index (χ0n) is 11.3. The molecule has 1 atom stereocenters. The van der Waals surface area contributed by atoms with Crippen molar-refractivity contribution in [2.24, 2.45) is 0 Å². The number of nitrogens with one attached hydrogen (secondary N) is 2. The van der Waals surface area contributed by atoms with Gasteiger partial charge in [-0.3, -0.25) is 9.59 Å². The van der Waals surface area contributed by atoms with Crippen molar-refractivity contribution in [2.45, 2.75) is 19.9 Å². The van der Waals surface area contributed by atoms with Gasteiger partial charge in [0.1, 0.15) is 11.9 Å². The van der Waals surface area contributed by atoms with E-state index in [0.29, 0.717) is 0 Å². The molecule has 0 fully saturated rings. The lowest BCUT2D eigenvalue weighted by Gasteiger charge is -2.13. The number of carbonyl (C=O) groups excluding carboxylic acids is 3. The molecule has 1 aromatic carbocycles. The molecule has 7 heteroatoms. The van der Waals surface area contributed by atoms with Crippen LogP contribution in [0.3, 0.4) is 0 Å². The lowest BCUT2D eigenvalue weighted by Crippen LogP contribution is -2.40. The molecular formula is C13H15FN2O4. The summed E-state index contributed by atoms with van der Waals surface area (Å²) in [6, 6.07) is 2.77. The smallest absolute Gasteiger partial charge is 0.340 e. The number of methoxy groups -OCH3 is 1. The fourth-order valence-corrected chi connectivity index (χ4v) is 1.49. The highest BCUT2D eigenvalue weighted by molar-refractivity contribution is 5.98. The highest BCUT2D eigenvalue weighted by Gasteiger charge is 2.16. The molecule has 0 heterocycles. The Balaban J connectivity index is 2.85. The average molecular weight is 282 g/mol. The van der Waals surface area contributed by atoms with Crippen LogP contribution in [0.2, 0.25) is 0 Å². The third-order valence-corrected chi connectivity index (χ3v) is 2.45. The van der Waals surface area contributed by atoms with Crippen molar-refractivity contribution in [3.05, 3.63) is 29.6 Å². The molecule has 0 spiro atoms. The van der Waals surface area contributed by atoms with Gasteiger partial charge in [0.25, 0.3) is 0 Å². The summed E-state index contributed by atoms with van der Waals surface area (Å²) < 4.78 is 17.8. The van der Waals surface area contributed by atoms with Gasteiger partial charge >= 0.3 is 5.97 Å². The summed E-state index contributed by atoms with van der Waals surface area (Å²) in [6.45, 7) is 2.79. The maximum absolute atomic E-state index is 13.4. The maximum Gasteiger partial charge on any atom is 0.340 e. The minimum absolute atomic E-state index is 0.231. The van der Waals surface area contributed by atoms with E-state index in [1.165, 1.54) is 26.0 Å². The monoisotopic (exact) mass is 282 g/mol. The fraction of sp³-hybridized carbons (Fsp3) is 0.308. The van der Waals surface area contributed by atoms with Gasteiger partial charge in [-0.2, -0.15) is 0 Å². The molecule has 0 aliphatic carbocycles. The Labute approximate surface area is 115 Å². The van der Waals surface area contributed by atoms with Gasteiger partial charge < -0.3 is 15.4 Å². The number of rotatable bonds is 4. The van der Waals surface area contributed by atoms with E-state index in [-0.39, 0.29) is 17.2 Å². The number of hydrogen-bond acceptors (Lipinski definition) is 4. The molecule has 1 rings (SSSR count). The van der Waals surface area contributed by atoms with E-state index in [2.05, 4.69) is 15.4 Å². The average Bonchev–Trinajstić information content (AvgIpc) is 2.39. The van der Waals surface area contributed by atoms with E-state index >= 15 is 0 Å². The number of halogens is 1. The Morgan fingerprint density at radius 2 is 1.95 bits per heavy atom. The van der Waals surface area contributed by atoms with E-state index in [1.54, 1.807) is 0 Å². The fourth-order valence-electron chi connectivity index (χ4n) is 1.49. The highest BCUT2D eigenvalue weighted by atomic mass is 19.1. The van der Waals surface area contributed by atoms with Crippen LogP contribution in [0.1, 0.15) is 24.2 Å². The van der Waals surface area contributed by atoms with Crippen LogP contribution in [0.4, 0.5) is 10.1 Å². The quantitative estimate of drug-likeness (QED) is 0.809. The lowest BCUT2D eigenvalue weighted by molar-refractivity contribution is -0.124. The van der Waals surface area contributed by atoms with Gasteiger partial charge in [-0.1, -0.05) is 0 Å². The Morgan fingerprint density at radius 3 is 2.50 bits per heavy atom. The second kappa shape index (κ2) is 6.65. The minimum atomic E-state index is -0.839. The maximum atomic E-state index is 13.4. The molecular weight excluding hydrogens is 267 g/mol. The van der Waals surface area contributed by atoms with Crippen molar-refractivity contribution in [3.8, 4) is 0 Å². The molecule has 1 unspecified atom stereocenters. The SMILES string of the molecule is COC(=O)c1cc(NC(=O)C(C)NC(C)=O)ccc1F. The highest BCUT2D eigenvalue weighted by Crippen LogP contribution is 2.16. The van der Waals surface area contributed by atoms with Crippen LogP contribution in [0.15, 0.2) is 18.2 Å². The molecule has 6 nitrogen and oxygen atoms in total. The minimum Gasteiger partial charge on any atom is -0.465 e. The van der Waals surface area contributed by atoms with Crippen LogP contribution < -0.4 is 10.6 Å². The van der Waals surface area contributed by atoms with Gasteiger partial charge in [0.15, 0.2) is 0 Å². The first-order valence-electron chi connectivity index (χ1n) is 5.81. The first-order chi connectivity index (χ1) is 9.35. The molecule has 0 aliphatic rings. The zero-order chi connectivity index (χ0) is 15.3. The van der Waals surface area contributed by atoms with Crippen LogP contribution in [-0.4, -0.2) is 30.9 Å². The lowest BCUT2D eigenvalue weighted by atomic mass is 10.2. The molecule has 2 amide bonds. The number of amides is 2. The van der Waals surface area contributed by atoms with Crippen molar-refractivity contribution >= 4 is 23.5 Å². The summed E-state index contributed by atoms with van der Waals surface area (Å²) in [7, 11) is 1.13. The molecule has 20 heavy (non-hydrogen) atoms. The molecule has 1 aromatic rings. The summed E-state index contributed by atoms with van der Waals surface area (Å²) in [4.78, 5) is 33.9. The Hall–Kier alpha value is -2.44. The standard InChI is InChI=1S/C13H15FN2O4/c1-7(15-8(2)17)12(18)16-9-4-5-11(14)10(6-9)13(19)20-3/h4-7H,1-3H3,(H,15,17)(H,16,18). The molecule has 0 radical (unpaired) electrons. The van der Waals surface area contributed by atoms with E-state index in [1.807, 2.05) is 0 Å². The first-order valence-corrected chi connectivity index (χ1v) is 5.81. The van der Waals surface area contributed by atoms with Crippen LogP contribution in [0, 0.1) is 5.82 Å². The van der Waals surface area contributed by atoms with Gasteiger partial charge in [0.2, 0.25) is 11.8 Å². The van der Waals surface area contributed by atoms with Crippen LogP contribution in [0.25, 0.3) is 0 Å². The molecule has 0 saturated carbocycles. The molecule has 0 saturated heterocycles. The second-order valence-corrected chi connectivity index (χ2v) is 4.10. The number of hydrogen-bond donors (Lipinski definition) is 2. The van der Waals surface area contributed by atoms with E-state index in [9.17, 15) is 18.8 Å². The number of ether oxygens (including phenoxy) is 1. The summed E-state index contributed by atoms with van der Waals surface area (Å²) in [6.07, 6.45) is 0. The van der Waals surface area contributed by atoms with Crippen molar-refractivity contribution < 1.29 is 23.5 Å². The summed E-state index contributed by atoms with van der Waals surface area (Å²) in [5, 5.41) is 4.87. The molecule has 0 aromatic heterocycles. The largest absolute Gasteiger partial charge is 0.465 e. The van der Waals surface area contributed by atoms with E-state index in [4.69, 9.17) is 0 Å². The summed E-state index contributed by atoms with van der Waals surface area (Å²) in [5.41, 5.74) is -0.0496. The van der Waals surface area contributed by atoms with Gasteiger partial charge in [-0.25, -0.2) is 9.18 Å². The van der Waals surface area contributed by atoms with Crippen LogP contribution in [0.5, 0.6) is 0 Å². The third-order valence-electron chi connectivity index (χ3n) is 2.45. The number of esters is 1. The van der Waals surface area contributed by atoms with E-state index in [0.717, 1.165) is 13.2 Å². The van der Waals surface area contributed by atoms with Crippen LogP contribution in [-0.2, 0) is 14.3 Å². The van der Waals surface area contributed by atoms with Crippen molar-refractivity contribution in [1.29, 1.82) is 0 Å². The Morgan fingerprint density at radius 1 is 1.30 bits per heavy atom. The number of benzene rings is 1. The molecule has 0 aliphatic heterocycles. The van der Waals surface area contributed by atoms with Gasteiger partial charge in [-0.05, 0) is 25.1 Å². The first kappa shape index (κ1) is 15.6. The third kappa shape index (κ3) is 4.04. The van der Waals surface area contributed by atoms with Crippen molar-refractivity contribution in [2.75, 3.05) is 12.4 Å². The molecule has 2 N–H and O–H groups in total. The second-order valence-electron chi connectivity index (χ2n) is 4.10. The topological polar surface area (TPSA) is 84.5 Å². The predicted octanol–water partition coefficient (Wildman–Crippen LogP) is 1.08. The summed E-state index contributed by atoms with van der Waals surface area (Å²) in [5.74, 6) is -2.41. The number of carbonyl (C=O) groups is 3. The predicted molar refractivity (Wildman–Crippen MR) is 69.6 cm³/mol. The normalized spacial score (nSPS) is 11.4. The van der Waals surface area contributed by atoms with E-state index < -0.39 is 23.7 Å². The summed E-state index contributed by atoms with van der Waals surface area (Å²) >= 11 is 0. The molecule has 0 bridgehead atoms. The van der Waals surface area contributed by atoms with Crippen molar-refractivity contribution in [1.82, 2.24) is 5.32 Å². The Kier molecular flexibility index (Phi) is 5.19. The van der Waals surface area contributed by atoms with Crippen LogP contribution >= 0.6 is 0 Å². The van der Waals surface area contributed by atoms with Gasteiger partial charge in [0.05, 0.1) is 12.7 Å². The van der Waals surface area contributed by atoms with Crippen molar-refractivity contribution in [3.63, 3.8) is 0 Å². The zero-order valence-corrected chi connectivity index (χ0v) is 11.3. The van der Waals surface area contributed by atoms with Gasteiger partial charge in [0, 0.05) is 12.6 Å². The Bertz CT molecular complexity index is 545. The number of anilines is 1.